The third-order valence-electron chi connectivity index (χ3n) is 5.38. The Hall–Kier alpha value is -3.85. The summed E-state index contributed by atoms with van der Waals surface area (Å²) >= 11 is 0. The highest BCUT2D eigenvalue weighted by molar-refractivity contribution is 5.92. The van der Waals surface area contributed by atoms with Crippen molar-refractivity contribution in [3.05, 3.63) is 131 Å². The Morgan fingerprint density at radius 3 is 1.75 bits per heavy atom. The fourth-order valence-electron chi connectivity index (χ4n) is 3.86. The number of benzene rings is 4. The lowest BCUT2D eigenvalue weighted by Crippen LogP contribution is -2.24. The second-order valence-corrected chi connectivity index (χ2v) is 8.01. The summed E-state index contributed by atoms with van der Waals surface area (Å²) < 4.78 is 5.99. The SMILES string of the molecule is Cc1cc(C)c(OC(=O)c2ccccc2)c(N(Cc2ccccc2)Cc2ccccc2)c1. The predicted molar refractivity (Wildman–Crippen MR) is 130 cm³/mol. The van der Waals surface area contributed by atoms with E-state index in [9.17, 15) is 4.79 Å². The van der Waals surface area contributed by atoms with Crippen LogP contribution in [-0.2, 0) is 13.1 Å². The van der Waals surface area contributed by atoms with E-state index in [1.165, 1.54) is 11.1 Å². The third kappa shape index (κ3) is 5.25. The molecule has 0 aliphatic rings. The quantitative estimate of drug-likeness (QED) is 0.245. The molecule has 0 amide bonds. The van der Waals surface area contributed by atoms with Crippen LogP contribution < -0.4 is 9.64 Å². The molecule has 4 rings (SSSR count). The Kier molecular flexibility index (Phi) is 6.66. The van der Waals surface area contributed by atoms with E-state index in [0.29, 0.717) is 24.4 Å². The molecule has 0 aliphatic heterocycles. The normalized spacial score (nSPS) is 10.6. The molecule has 0 heterocycles. The number of aryl methyl sites for hydroxylation is 2. The van der Waals surface area contributed by atoms with Gasteiger partial charge in [0.25, 0.3) is 0 Å². The van der Waals surface area contributed by atoms with Crippen molar-refractivity contribution >= 4 is 11.7 Å². The number of ether oxygens (including phenoxy) is 1. The van der Waals surface area contributed by atoms with Gasteiger partial charge in [-0.2, -0.15) is 0 Å². The van der Waals surface area contributed by atoms with Gasteiger partial charge in [-0.25, -0.2) is 4.79 Å². The highest BCUT2D eigenvalue weighted by Gasteiger charge is 2.20. The second-order valence-electron chi connectivity index (χ2n) is 8.01. The van der Waals surface area contributed by atoms with Gasteiger partial charge in [0.1, 0.15) is 0 Å². The highest BCUT2D eigenvalue weighted by Crippen LogP contribution is 2.36. The maximum Gasteiger partial charge on any atom is 0.343 e. The van der Waals surface area contributed by atoms with Crippen LogP contribution in [0.2, 0.25) is 0 Å². The Morgan fingerprint density at radius 1 is 0.719 bits per heavy atom. The number of esters is 1. The van der Waals surface area contributed by atoms with E-state index in [4.69, 9.17) is 4.74 Å². The molecule has 0 bridgehead atoms. The lowest BCUT2D eigenvalue weighted by atomic mass is 10.1. The van der Waals surface area contributed by atoms with Crippen LogP contribution >= 0.6 is 0 Å². The van der Waals surface area contributed by atoms with Crippen LogP contribution in [0.3, 0.4) is 0 Å². The van der Waals surface area contributed by atoms with Crippen LogP contribution in [0.5, 0.6) is 5.75 Å². The van der Waals surface area contributed by atoms with Crippen molar-refractivity contribution in [2.75, 3.05) is 4.90 Å². The van der Waals surface area contributed by atoms with Gasteiger partial charge in [0.2, 0.25) is 0 Å². The van der Waals surface area contributed by atoms with Crippen LogP contribution in [0.4, 0.5) is 5.69 Å². The zero-order valence-electron chi connectivity index (χ0n) is 18.5. The minimum absolute atomic E-state index is 0.349. The average Bonchev–Trinajstić information content (AvgIpc) is 2.82. The van der Waals surface area contributed by atoms with Gasteiger partial charge >= 0.3 is 5.97 Å². The molecule has 0 aliphatic carbocycles. The first-order valence-corrected chi connectivity index (χ1v) is 10.8. The molecule has 0 fully saturated rings. The van der Waals surface area contributed by atoms with Crippen LogP contribution in [0.25, 0.3) is 0 Å². The van der Waals surface area contributed by atoms with Crippen molar-refractivity contribution in [3.63, 3.8) is 0 Å². The van der Waals surface area contributed by atoms with Gasteiger partial charge in [-0.05, 0) is 54.3 Å². The molecule has 32 heavy (non-hydrogen) atoms. The van der Waals surface area contributed by atoms with Gasteiger partial charge in [-0.15, -0.1) is 0 Å². The number of anilines is 1. The fourth-order valence-corrected chi connectivity index (χ4v) is 3.86. The van der Waals surface area contributed by atoms with Gasteiger partial charge in [0.15, 0.2) is 5.75 Å². The molecule has 0 aromatic heterocycles. The van der Waals surface area contributed by atoms with Gasteiger partial charge in [0.05, 0.1) is 11.3 Å². The minimum atomic E-state index is -0.349. The lowest BCUT2D eigenvalue weighted by molar-refractivity contribution is 0.0734. The molecule has 0 unspecified atom stereocenters. The molecule has 0 radical (unpaired) electrons. The molecule has 3 nitrogen and oxygen atoms in total. The Bertz CT molecular complexity index is 1130. The number of nitrogens with zero attached hydrogens (tertiary/aromatic N) is 1. The molecular formula is C29H27NO2. The van der Waals surface area contributed by atoms with Crippen LogP contribution in [-0.4, -0.2) is 5.97 Å². The smallest absolute Gasteiger partial charge is 0.343 e. The van der Waals surface area contributed by atoms with Crippen molar-refractivity contribution in [2.24, 2.45) is 0 Å². The maximum absolute atomic E-state index is 12.9. The second kappa shape index (κ2) is 9.97. The van der Waals surface area contributed by atoms with E-state index in [1.54, 1.807) is 12.1 Å². The topological polar surface area (TPSA) is 29.5 Å². The van der Waals surface area contributed by atoms with Crippen molar-refractivity contribution in [3.8, 4) is 5.75 Å². The number of carbonyl (C=O) groups excluding carboxylic acids is 1. The first kappa shape index (κ1) is 21.4. The van der Waals surface area contributed by atoms with E-state index < -0.39 is 0 Å². The van der Waals surface area contributed by atoms with Crippen LogP contribution in [0.1, 0.15) is 32.6 Å². The standard InChI is InChI=1S/C29H27NO2/c1-22-18-23(2)28(32-29(31)26-16-10-5-11-17-26)27(19-22)30(20-24-12-6-3-7-13-24)21-25-14-8-4-9-15-25/h3-19H,20-21H2,1-2H3. The van der Waals surface area contributed by atoms with E-state index >= 15 is 0 Å². The van der Waals surface area contributed by atoms with Crippen molar-refractivity contribution in [2.45, 2.75) is 26.9 Å². The maximum atomic E-state index is 12.9. The summed E-state index contributed by atoms with van der Waals surface area (Å²) in [4.78, 5) is 15.2. The van der Waals surface area contributed by atoms with Crippen LogP contribution in [0.15, 0.2) is 103 Å². The van der Waals surface area contributed by atoms with Crippen molar-refractivity contribution in [1.29, 1.82) is 0 Å². The van der Waals surface area contributed by atoms with E-state index in [0.717, 1.165) is 16.8 Å². The fraction of sp³-hybridized carbons (Fsp3) is 0.138. The number of hydrogen-bond donors (Lipinski definition) is 0. The average molecular weight is 422 g/mol. The van der Waals surface area contributed by atoms with Crippen molar-refractivity contribution < 1.29 is 9.53 Å². The number of hydrogen-bond acceptors (Lipinski definition) is 3. The molecule has 0 atom stereocenters. The molecule has 4 aromatic carbocycles. The van der Waals surface area contributed by atoms with E-state index in [2.05, 4.69) is 48.2 Å². The van der Waals surface area contributed by atoms with E-state index in [-0.39, 0.29) is 5.97 Å². The van der Waals surface area contributed by atoms with E-state index in [1.807, 2.05) is 61.5 Å². The monoisotopic (exact) mass is 421 g/mol. The molecule has 0 N–H and O–H groups in total. The Labute approximate surface area is 189 Å². The van der Waals surface area contributed by atoms with Gasteiger partial charge in [-0.3, -0.25) is 0 Å². The largest absolute Gasteiger partial charge is 0.420 e. The minimum Gasteiger partial charge on any atom is -0.420 e. The summed E-state index contributed by atoms with van der Waals surface area (Å²) in [5.74, 6) is 0.259. The van der Waals surface area contributed by atoms with Gasteiger partial charge in [0, 0.05) is 13.1 Å². The summed E-state index contributed by atoms with van der Waals surface area (Å²) in [6, 6.07) is 34.0. The summed E-state index contributed by atoms with van der Waals surface area (Å²) in [6.45, 7) is 5.47. The van der Waals surface area contributed by atoms with Crippen molar-refractivity contribution in [1.82, 2.24) is 0 Å². The first-order valence-electron chi connectivity index (χ1n) is 10.8. The highest BCUT2D eigenvalue weighted by atomic mass is 16.5. The Morgan fingerprint density at radius 2 is 1.22 bits per heavy atom. The van der Waals surface area contributed by atoms with Gasteiger partial charge < -0.3 is 9.64 Å². The molecule has 0 spiro atoms. The molecule has 160 valence electrons. The molecule has 0 saturated carbocycles. The van der Waals surface area contributed by atoms with Gasteiger partial charge in [-0.1, -0.05) is 84.9 Å². The number of rotatable bonds is 7. The molecule has 0 saturated heterocycles. The third-order valence-corrected chi connectivity index (χ3v) is 5.38. The Balaban J connectivity index is 1.74. The first-order chi connectivity index (χ1) is 15.6. The lowest BCUT2D eigenvalue weighted by Gasteiger charge is -2.28. The van der Waals surface area contributed by atoms with Crippen LogP contribution in [0, 0.1) is 13.8 Å². The number of carbonyl (C=O) groups is 1. The molecule has 3 heteroatoms. The summed E-state index contributed by atoms with van der Waals surface area (Å²) in [5, 5.41) is 0. The zero-order chi connectivity index (χ0) is 22.3. The summed E-state index contributed by atoms with van der Waals surface area (Å²) in [6.07, 6.45) is 0. The summed E-state index contributed by atoms with van der Waals surface area (Å²) in [7, 11) is 0. The molecule has 4 aromatic rings. The predicted octanol–water partition coefficient (Wildman–Crippen LogP) is 6.73. The summed E-state index contributed by atoms with van der Waals surface area (Å²) in [5.41, 5.74) is 5.92. The molecular weight excluding hydrogens is 394 g/mol. The zero-order valence-corrected chi connectivity index (χ0v) is 18.5.